The molecule has 0 unspecified atom stereocenters. The molecule has 4 N–H and O–H groups in total. The Morgan fingerprint density at radius 3 is 2.89 bits per heavy atom. The molecule has 12 heteroatoms. The number of aliphatic hydroxyl groups excluding tert-OH is 1. The van der Waals surface area contributed by atoms with Crippen molar-refractivity contribution in [2.45, 2.75) is 25.0 Å². The van der Waals surface area contributed by atoms with Gasteiger partial charge in [0.05, 0.1) is 35.6 Å². The van der Waals surface area contributed by atoms with Gasteiger partial charge in [-0.05, 0) is 43.2 Å². The van der Waals surface area contributed by atoms with Gasteiger partial charge in [-0.1, -0.05) is 11.6 Å². The normalized spacial score (nSPS) is 17.1. The molecule has 1 aliphatic carbocycles. The van der Waals surface area contributed by atoms with Crippen molar-refractivity contribution in [3.05, 3.63) is 41.6 Å². The van der Waals surface area contributed by atoms with E-state index in [1.165, 1.54) is 7.11 Å². The Balaban J connectivity index is 1.29. The summed E-state index contributed by atoms with van der Waals surface area (Å²) in [6.07, 6.45) is 2.48. The number of carbonyl (C=O) groups is 1. The zero-order chi connectivity index (χ0) is 24.5. The third-order valence-electron chi connectivity index (χ3n) is 5.83. The van der Waals surface area contributed by atoms with Gasteiger partial charge in [0.15, 0.2) is 23.9 Å². The molecule has 0 spiro atoms. The van der Waals surface area contributed by atoms with Crippen LogP contribution in [0.15, 0.2) is 36.5 Å². The zero-order valence-electron chi connectivity index (χ0n) is 19.1. The minimum absolute atomic E-state index is 0.000102. The Morgan fingerprint density at radius 1 is 1.29 bits per heavy atom. The van der Waals surface area contributed by atoms with Crippen LogP contribution >= 0.6 is 11.6 Å². The van der Waals surface area contributed by atoms with E-state index in [1.807, 2.05) is 12.1 Å². The van der Waals surface area contributed by atoms with Crippen molar-refractivity contribution in [3.63, 3.8) is 0 Å². The van der Waals surface area contributed by atoms with Crippen LogP contribution in [0.2, 0.25) is 5.02 Å². The van der Waals surface area contributed by atoms with Gasteiger partial charge in [-0.15, -0.1) is 5.10 Å². The molecule has 1 aliphatic rings. The molecule has 2 aromatic carbocycles. The second-order valence-electron chi connectivity index (χ2n) is 8.31. The highest BCUT2D eigenvalue weighted by molar-refractivity contribution is 6.38. The number of methoxy groups -OCH3 is 1. The number of carbonyl (C=O) groups excluding carboxylic acids is 1. The van der Waals surface area contributed by atoms with Crippen LogP contribution in [-0.2, 0) is 11.8 Å². The predicted molar refractivity (Wildman–Crippen MR) is 130 cm³/mol. The van der Waals surface area contributed by atoms with Crippen LogP contribution in [-0.4, -0.2) is 61.8 Å². The van der Waals surface area contributed by atoms with Gasteiger partial charge < -0.3 is 25.2 Å². The molecule has 11 nitrogen and oxygen atoms in total. The second-order valence-corrected chi connectivity index (χ2v) is 8.69. The number of H-pyrrole nitrogens is 1. The number of anilines is 2. The van der Waals surface area contributed by atoms with Crippen LogP contribution in [0.5, 0.6) is 11.5 Å². The lowest BCUT2D eigenvalue weighted by molar-refractivity contribution is -0.125. The van der Waals surface area contributed by atoms with Gasteiger partial charge >= 0.3 is 0 Å². The van der Waals surface area contributed by atoms with Crippen LogP contribution in [0.25, 0.3) is 22.3 Å². The van der Waals surface area contributed by atoms with Gasteiger partial charge in [0.25, 0.3) is 5.91 Å². The standard InChI is InChI=1S/C23H24ClN7O4/c1-31-23(27-17-5-4-16-15(21(17)24)10-25-29-16)28-22(30-31)12-3-6-18(19(7-12)34-2)35-11-20(33)26-13-8-14(32)9-13/h3-7,10,13-14,32H,8-9,11H2,1-2H3,(H,25,29)(H,26,33)(H,27,28,30). The summed E-state index contributed by atoms with van der Waals surface area (Å²) in [6.45, 7) is -0.153. The maximum Gasteiger partial charge on any atom is 0.258 e. The average Bonchev–Trinajstić information content (AvgIpc) is 3.45. The van der Waals surface area contributed by atoms with E-state index in [-0.39, 0.29) is 24.7 Å². The molecule has 1 amide bonds. The SMILES string of the molecule is COc1cc(-c2nc(Nc3ccc4[nH]ncc4c3Cl)n(C)n2)ccc1OCC(=O)NC1CC(O)C1. The summed E-state index contributed by atoms with van der Waals surface area (Å²) in [5.74, 6) is 1.60. The lowest BCUT2D eigenvalue weighted by atomic mass is 9.89. The highest BCUT2D eigenvalue weighted by atomic mass is 35.5. The van der Waals surface area contributed by atoms with Crippen molar-refractivity contribution in [1.29, 1.82) is 0 Å². The van der Waals surface area contributed by atoms with E-state index in [0.717, 1.165) is 10.9 Å². The number of aliphatic hydroxyl groups is 1. The molecule has 2 heterocycles. The molecule has 0 radical (unpaired) electrons. The number of benzene rings is 2. The molecular formula is C23H24ClN7O4. The lowest BCUT2D eigenvalue weighted by Crippen LogP contribution is -2.48. The number of nitrogens with one attached hydrogen (secondary N) is 3. The molecule has 1 saturated carbocycles. The number of ether oxygens (including phenoxy) is 2. The smallest absolute Gasteiger partial charge is 0.258 e. The first kappa shape index (κ1) is 22.9. The van der Waals surface area contributed by atoms with E-state index in [1.54, 1.807) is 36.1 Å². The molecule has 0 saturated heterocycles. The number of rotatable bonds is 8. The highest BCUT2D eigenvalue weighted by Gasteiger charge is 2.28. The molecule has 35 heavy (non-hydrogen) atoms. The monoisotopic (exact) mass is 497 g/mol. The lowest BCUT2D eigenvalue weighted by Gasteiger charge is -2.31. The average molecular weight is 498 g/mol. The van der Waals surface area contributed by atoms with Crippen molar-refractivity contribution < 1.29 is 19.4 Å². The Labute approximate surface area is 205 Å². The van der Waals surface area contributed by atoms with Gasteiger partial charge in [-0.3, -0.25) is 9.89 Å². The van der Waals surface area contributed by atoms with Crippen molar-refractivity contribution in [2.24, 2.45) is 7.05 Å². The zero-order valence-corrected chi connectivity index (χ0v) is 19.8. The van der Waals surface area contributed by atoms with Gasteiger partial charge in [0.1, 0.15) is 0 Å². The Hall–Kier alpha value is -3.83. The molecule has 4 aromatic rings. The first-order chi connectivity index (χ1) is 16.9. The summed E-state index contributed by atoms with van der Waals surface area (Å²) in [5.41, 5.74) is 2.23. The number of nitrogens with zero attached hydrogens (tertiary/aromatic N) is 4. The van der Waals surface area contributed by atoms with E-state index >= 15 is 0 Å². The summed E-state index contributed by atoms with van der Waals surface area (Å²) in [5, 5.41) is 28.1. The molecular weight excluding hydrogens is 474 g/mol. The van der Waals surface area contributed by atoms with Crippen LogP contribution in [0.1, 0.15) is 12.8 Å². The molecule has 1 fully saturated rings. The summed E-state index contributed by atoms with van der Waals surface area (Å²) in [7, 11) is 3.30. The van der Waals surface area contributed by atoms with Gasteiger partial charge in [0.2, 0.25) is 5.95 Å². The number of aromatic nitrogens is 5. The van der Waals surface area contributed by atoms with E-state index in [4.69, 9.17) is 21.1 Å². The van der Waals surface area contributed by atoms with Gasteiger partial charge in [-0.2, -0.15) is 10.1 Å². The number of hydrogen-bond acceptors (Lipinski definition) is 8. The fourth-order valence-corrected chi connectivity index (χ4v) is 4.12. The number of halogens is 1. The van der Waals surface area contributed by atoms with Gasteiger partial charge in [-0.25, -0.2) is 4.68 Å². The van der Waals surface area contributed by atoms with Gasteiger partial charge in [0, 0.05) is 24.0 Å². The number of hydrogen-bond donors (Lipinski definition) is 4. The van der Waals surface area contributed by atoms with Crippen LogP contribution in [0, 0.1) is 0 Å². The van der Waals surface area contributed by atoms with Crippen molar-refractivity contribution in [1.82, 2.24) is 30.3 Å². The second kappa shape index (κ2) is 9.43. The number of aryl methyl sites for hydroxylation is 1. The minimum Gasteiger partial charge on any atom is -0.493 e. The van der Waals surface area contributed by atoms with Crippen molar-refractivity contribution in [3.8, 4) is 22.9 Å². The fourth-order valence-electron chi connectivity index (χ4n) is 3.86. The first-order valence-corrected chi connectivity index (χ1v) is 11.4. The number of fused-ring (bicyclic) bond motifs is 1. The molecule has 182 valence electrons. The summed E-state index contributed by atoms with van der Waals surface area (Å²) in [6, 6.07) is 8.98. The molecule has 5 rings (SSSR count). The molecule has 0 atom stereocenters. The third-order valence-corrected chi connectivity index (χ3v) is 6.23. The topological polar surface area (TPSA) is 139 Å². The molecule has 0 aliphatic heterocycles. The van der Waals surface area contributed by atoms with E-state index in [2.05, 4.69) is 30.9 Å². The largest absolute Gasteiger partial charge is 0.493 e. The minimum atomic E-state index is -0.332. The summed E-state index contributed by atoms with van der Waals surface area (Å²) < 4.78 is 12.7. The van der Waals surface area contributed by atoms with E-state index < -0.39 is 0 Å². The first-order valence-electron chi connectivity index (χ1n) is 11.0. The van der Waals surface area contributed by atoms with Crippen molar-refractivity contribution >= 4 is 40.0 Å². The van der Waals surface area contributed by atoms with Crippen LogP contribution < -0.4 is 20.1 Å². The predicted octanol–water partition coefficient (Wildman–Crippen LogP) is 2.78. The molecule has 0 bridgehead atoms. The highest BCUT2D eigenvalue weighted by Crippen LogP contribution is 2.34. The summed E-state index contributed by atoms with van der Waals surface area (Å²) in [4.78, 5) is 16.7. The Morgan fingerprint density at radius 2 is 2.11 bits per heavy atom. The van der Waals surface area contributed by atoms with Crippen LogP contribution in [0.4, 0.5) is 11.6 Å². The van der Waals surface area contributed by atoms with E-state index in [0.29, 0.717) is 52.4 Å². The molecule has 2 aromatic heterocycles. The van der Waals surface area contributed by atoms with Crippen LogP contribution in [0.3, 0.4) is 0 Å². The maximum absolute atomic E-state index is 12.1. The fraction of sp³-hybridized carbons (Fsp3) is 0.304. The van der Waals surface area contributed by atoms with Crippen molar-refractivity contribution in [2.75, 3.05) is 19.0 Å². The number of amides is 1. The quantitative estimate of drug-likeness (QED) is 0.291. The third kappa shape index (κ3) is 4.73. The number of aromatic amines is 1. The summed E-state index contributed by atoms with van der Waals surface area (Å²) >= 11 is 6.51. The Kier molecular flexibility index (Phi) is 6.18. The van der Waals surface area contributed by atoms with E-state index in [9.17, 15) is 9.90 Å². The maximum atomic E-state index is 12.1. The Bertz CT molecular complexity index is 1380.